The molecule has 2 amide bonds. The smallest absolute Gasteiger partial charge is 0.228 e. The molecule has 0 spiro atoms. The zero-order chi connectivity index (χ0) is 18.8. The van der Waals surface area contributed by atoms with Gasteiger partial charge >= 0.3 is 0 Å². The van der Waals surface area contributed by atoms with Gasteiger partial charge < -0.3 is 19.7 Å². The fourth-order valence-corrected chi connectivity index (χ4v) is 3.59. The average Bonchev–Trinajstić information content (AvgIpc) is 3.08. The van der Waals surface area contributed by atoms with E-state index in [1.54, 1.807) is 29.2 Å². The number of ether oxygens (including phenoxy) is 2. The van der Waals surface area contributed by atoms with Gasteiger partial charge in [-0.25, -0.2) is 0 Å². The van der Waals surface area contributed by atoms with E-state index in [4.69, 9.17) is 21.1 Å². The Morgan fingerprint density at radius 1 is 1.15 bits per heavy atom. The first-order chi connectivity index (χ1) is 13.1. The molecular formula is C20H19ClN2O4. The fraction of sp³-hybridized carbons (Fsp3) is 0.300. The van der Waals surface area contributed by atoms with E-state index in [0.717, 1.165) is 24.2 Å². The lowest BCUT2D eigenvalue weighted by atomic mass is 10.1. The fourth-order valence-electron chi connectivity index (χ4n) is 3.30. The molecule has 27 heavy (non-hydrogen) atoms. The molecule has 2 aromatic carbocycles. The Bertz CT molecular complexity index is 882. The molecule has 0 atom stereocenters. The summed E-state index contributed by atoms with van der Waals surface area (Å²) in [5.74, 6) is 1.07. The third-order valence-corrected chi connectivity index (χ3v) is 4.84. The van der Waals surface area contributed by atoms with Crippen molar-refractivity contribution >= 4 is 34.8 Å². The van der Waals surface area contributed by atoms with Gasteiger partial charge in [0.25, 0.3) is 0 Å². The van der Waals surface area contributed by atoms with Crippen molar-refractivity contribution in [3.8, 4) is 11.5 Å². The Morgan fingerprint density at radius 2 is 1.93 bits per heavy atom. The SMILES string of the molecule is O=C(Cc1cc(Cl)c2c(c1)OCCO2)Nc1ccc(N2CCCC2=O)cc1. The van der Waals surface area contributed by atoms with Crippen molar-refractivity contribution in [2.75, 3.05) is 30.0 Å². The highest BCUT2D eigenvalue weighted by molar-refractivity contribution is 6.32. The van der Waals surface area contributed by atoms with Crippen LogP contribution in [0.3, 0.4) is 0 Å². The lowest BCUT2D eigenvalue weighted by molar-refractivity contribution is -0.117. The maximum atomic E-state index is 12.4. The second-order valence-electron chi connectivity index (χ2n) is 6.52. The monoisotopic (exact) mass is 386 g/mol. The number of carbonyl (C=O) groups excluding carboxylic acids is 2. The third-order valence-electron chi connectivity index (χ3n) is 4.56. The Morgan fingerprint density at radius 3 is 2.67 bits per heavy atom. The van der Waals surface area contributed by atoms with Crippen molar-refractivity contribution in [2.24, 2.45) is 0 Å². The molecule has 1 N–H and O–H groups in total. The van der Waals surface area contributed by atoms with Gasteiger partial charge in [0.1, 0.15) is 13.2 Å². The van der Waals surface area contributed by atoms with Crippen LogP contribution in [-0.4, -0.2) is 31.6 Å². The predicted molar refractivity (Wildman–Crippen MR) is 103 cm³/mol. The van der Waals surface area contributed by atoms with Crippen molar-refractivity contribution in [3.05, 3.63) is 47.0 Å². The second kappa shape index (κ2) is 7.48. The van der Waals surface area contributed by atoms with Crippen LogP contribution in [0.4, 0.5) is 11.4 Å². The van der Waals surface area contributed by atoms with Crippen LogP contribution in [0.1, 0.15) is 18.4 Å². The number of benzene rings is 2. The van der Waals surface area contributed by atoms with Crippen LogP contribution in [0.15, 0.2) is 36.4 Å². The van der Waals surface area contributed by atoms with E-state index >= 15 is 0 Å². The van der Waals surface area contributed by atoms with Crippen LogP contribution < -0.4 is 19.7 Å². The number of anilines is 2. The molecule has 0 aromatic heterocycles. The molecule has 2 heterocycles. The summed E-state index contributed by atoms with van der Waals surface area (Å²) in [5, 5.41) is 3.30. The maximum absolute atomic E-state index is 12.4. The molecule has 1 saturated heterocycles. The molecule has 0 radical (unpaired) electrons. The van der Waals surface area contributed by atoms with E-state index in [-0.39, 0.29) is 18.2 Å². The van der Waals surface area contributed by atoms with E-state index < -0.39 is 0 Å². The van der Waals surface area contributed by atoms with Crippen LogP contribution in [0, 0.1) is 0 Å². The van der Waals surface area contributed by atoms with Gasteiger partial charge in [0.05, 0.1) is 11.4 Å². The maximum Gasteiger partial charge on any atom is 0.228 e. The first-order valence-corrected chi connectivity index (χ1v) is 9.26. The summed E-state index contributed by atoms with van der Waals surface area (Å²) in [6, 6.07) is 10.8. The molecule has 2 aromatic rings. The lowest BCUT2D eigenvalue weighted by Gasteiger charge is -2.20. The quantitative estimate of drug-likeness (QED) is 0.874. The van der Waals surface area contributed by atoms with Crippen molar-refractivity contribution in [1.82, 2.24) is 0 Å². The molecule has 0 aliphatic carbocycles. The van der Waals surface area contributed by atoms with Gasteiger partial charge in [-0.05, 0) is 48.4 Å². The molecule has 4 rings (SSSR count). The first kappa shape index (κ1) is 17.7. The zero-order valence-corrected chi connectivity index (χ0v) is 15.4. The van der Waals surface area contributed by atoms with Gasteiger partial charge in [-0.3, -0.25) is 9.59 Å². The number of hydrogen-bond donors (Lipinski definition) is 1. The van der Waals surface area contributed by atoms with Crippen LogP contribution in [-0.2, 0) is 16.0 Å². The number of halogens is 1. The average molecular weight is 387 g/mol. The summed E-state index contributed by atoms with van der Waals surface area (Å²) in [6.45, 7) is 1.67. The minimum atomic E-state index is -0.159. The Balaban J connectivity index is 1.41. The van der Waals surface area contributed by atoms with E-state index in [2.05, 4.69) is 5.32 Å². The first-order valence-electron chi connectivity index (χ1n) is 8.88. The Labute approximate surface area is 162 Å². The molecule has 2 aliphatic rings. The van der Waals surface area contributed by atoms with E-state index in [1.807, 2.05) is 12.1 Å². The normalized spacial score (nSPS) is 15.7. The zero-order valence-electron chi connectivity index (χ0n) is 14.7. The third kappa shape index (κ3) is 3.85. The summed E-state index contributed by atoms with van der Waals surface area (Å²) in [4.78, 5) is 25.9. The number of nitrogens with zero attached hydrogens (tertiary/aromatic N) is 1. The van der Waals surface area contributed by atoms with Crippen molar-refractivity contribution in [3.63, 3.8) is 0 Å². The van der Waals surface area contributed by atoms with Crippen molar-refractivity contribution < 1.29 is 19.1 Å². The van der Waals surface area contributed by atoms with E-state index in [0.29, 0.717) is 41.8 Å². The molecule has 140 valence electrons. The molecular weight excluding hydrogens is 368 g/mol. The molecule has 6 nitrogen and oxygen atoms in total. The second-order valence-corrected chi connectivity index (χ2v) is 6.93. The molecule has 7 heteroatoms. The molecule has 0 bridgehead atoms. The summed E-state index contributed by atoms with van der Waals surface area (Å²) in [5.41, 5.74) is 2.29. The van der Waals surface area contributed by atoms with Gasteiger partial charge in [-0.1, -0.05) is 11.6 Å². The minimum Gasteiger partial charge on any atom is -0.486 e. The van der Waals surface area contributed by atoms with Gasteiger partial charge in [0, 0.05) is 24.3 Å². The van der Waals surface area contributed by atoms with Crippen LogP contribution in [0.2, 0.25) is 5.02 Å². The Kier molecular flexibility index (Phi) is 4.90. The predicted octanol–water partition coefficient (Wildman–Crippen LogP) is 3.42. The molecule has 1 fully saturated rings. The largest absolute Gasteiger partial charge is 0.486 e. The molecule has 0 unspecified atom stereocenters. The number of carbonyl (C=O) groups is 2. The summed E-state index contributed by atoms with van der Waals surface area (Å²) in [6.07, 6.45) is 1.65. The van der Waals surface area contributed by atoms with Crippen molar-refractivity contribution in [2.45, 2.75) is 19.3 Å². The van der Waals surface area contributed by atoms with Crippen LogP contribution >= 0.6 is 11.6 Å². The lowest BCUT2D eigenvalue weighted by Crippen LogP contribution is -2.23. The number of rotatable bonds is 4. The summed E-state index contributed by atoms with van der Waals surface area (Å²) >= 11 is 6.21. The van der Waals surface area contributed by atoms with Gasteiger partial charge in [0.2, 0.25) is 11.8 Å². The van der Waals surface area contributed by atoms with Crippen LogP contribution in [0.25, 0.3) is 0 Å². The van der Waals surface area contributed by atoms with Crippen molar-refractivity contribution in [1.29, 1.82) is 0 Å². The number of hydrogen-bond acceptors (Lipinski definition) is 4. The Hall–Kier alpha value is -2.73. The summed E-state index contributed by atoms with van der Waals surface area (Å²) < 4.78 is 11.0. The highest BCUT2D eigenvalue weighted by Gasteiger charge is 2.21. The van der Waals surface area contributed by atoms with Crippen LogP contribution in [0.5, 0.6) is 11.5 Å². The van der Waals surface area contributed by atoms with E-state index in [9.17, 15) is 9.59 Å². The molecule has 0 saturated carbocycles. The summed E-state index contributed by atoms with van der Waals surface area (Å²) in [7, 11) is 0. The standard InChI is InChI=1S/C20H19ClN2O4/c21-16-10-13(11-17-20(16)27-9-8-26-17)12-18(24)22-14-3-5-15(6-4-14)23-7-1-2-19(23)25/h3-6,10-11H,1-2,7-9,12H2,(H,22,24). The van der Waals surface area contributed by atoms with Gasteiger partial charge in [-0.15, -0.1) is 0 Å². The highest BCUT2D eigenvalue weighted by atomic mass is 35.5. The van der Waals surface area contributed by atoms with Gasteiger partial charge in [-0.2, -0.15) is 0 Å². The van der Waals surface area contributed by atoms with Gasteiger partial charge in [0.15, 0.2) is 11.5 Å². The number of fused-ring (bicyclic) bond motifs is 1. The number of amides is 2. The van der Waals surface area contributed by atoms with E-state index in [1.165, 1.54) is 0 Å². The highest BCUT2D eigenvalue weighted by Crippen LogP contribution is 2.38. The minimum absolute atomic E-state index is 0.141. The number of nitrogens with one attached hydrogen (secondary N) is 1. The molecule has 2 aliphatic heterocycles. The topological polar surface area (TPSA) is 67.9 Å².